The molecule has 2 aromatic carbocycles. The Morgan fingerprint density at radius 3 is 2.42 bits per heavy atom. The normalized spacial score (nSPS) is 19.8. The third-order valence-electron chi connectivity index (χ3n) is 5.46. The summed E-state index contributed by atoms with van der Waals surface area (Å²) in [6, 6.07) is 14.2. The topological polar surface area (TPSA) is 54.5 Å². The lowest BCUT2D eigenvalue weighted by Crippen LogP contribution is -2.46. The van der Waals surface area contributed by atoms with Crippen molar-refractivity contribution in [2.45, 2.75) is 37.2 Å². The van der Waals surface area contributed by atoms with Crippen molar-refractivity contribution in [1.82, 2.24) is 10.3 Å². The average Bonchev–Trinajstić information content (AvgIpc) is 3.02. The molecule has 31 heavy (non-hydrogen) atoms. The highest BCUT2D eigenvalue weighted by atomic mass is 32.1. The number of alkyl halides is 3. The number of nitrogens with zero attached hydrogens (tertiary/aromatic N) is 2. The number of halogens is 3. The fraction of sp³-hybridized carbons (Fsp3) is 0.273. The minimum atomic E-state index is -4.78. The number of hydrogen-bond acceptors (Lipinski definition) is 5. The molecule has 1 fully saturated rings. The quantitative estimate of drug-likeness (QED) is 0.573. The maximum absolute atomic E-state index is 13.4. The van der Waals surface area contributed by atoms with Crippen molar-refractivity contribution in [1.29, 1.82) is 0 Å². The monoisotopic (exact) mass is 447 g/mol. The number of aromatic nitrogens is 1. The summed E-state index contributed by atoms with van der Waals surface area (Å²) < 4.78 is 41.1. The fourth-order valence-corrected chi connectivity index (χ4v) is 4.36. The molecule has 2 atom stereocenters. The number of hydrogen-bond donors (Lipinski definition) is 2. The Morgan fingerprint density at radius 2 is 1.74 bits per heavy atom. The summed E-state index contributed by atoms with van der Waals surface area (Å²) >= 11 is 4.50. The van der Waals surface area contributed by atoms with Gasteiger partial charge in [-0.15, -0.1) is 25.8 Å². The van der Waals surface area contributed by atoms with Crippen molar-refractivity contribution in [3.8, 4) is 5.75 Å². The Morgan fingerprint density at radius 1 is 1.06 bits per heavy atom. The highest BCUT2D eigenvalue weighted by molar-refractivity contribution is 7.81. The van der Waals surface area contributed by atoms with E-state index in [0.717, 1.165) is 16.5 Å². The van der Waals surface area contributed by atoms with Gasteiger partial charge >= 0.3 is 6.36 Å². The van der Waals surface area contributed by atoms with Crippen LogP contribution in [0.25, 0.3) is 10.9 Å². The number of carbonyl (C=O) groups is 1. The molecule has 3 aromatic rings. The second kappa shape index (κ2) is 7.72. The number of anilines is 1. The molecule has 1 aliphatic rings. The number of thiol groups is 1. The first kappa shape index (κ1) is 21.5. The van der Waals surface area contributed by atoms with Crippen LogP contribution in [0.15, 0.2) is 60.8 Å². The molecule has 0 aliphatic carbocycles. The van der Waals surface area contributed by atoms with E-state index in [-0.39, 0.29) is 11.7 Å². The smallest absolute Gasteiger partial charge is 0.406 e. The highest BCUT2D eigenvalue weighted by Crippen LogP contribution is 2.37. The molecule has 1 aliphatic heterocycles. The van der Waals surface area contributed by atoms with Crippen molar-refractivity contribution in [2.24, 2.45) is 0 Å². The number of rotatable bonds is 4. The largest absolute Gasteiger partial charge is 0.573 e. The molecule has 162 valence electrons. The van der Waals surface area contributed by atoms with Gasteiger partial charge in [-0.1, -0.05) is 32.0 Å². The van der Waals surface area contributed by atoms with Gasteiger partial charge in [0.25, 0.3) is 0 Å². The standard InChI is InChI=1S/C22H20F3N3O2S/c1-21(2,16-11-12-26-17-6-4-3-5-15(16)17)18-19(29)28(20(31)27-18)13-7-9-14(10-8-13)30-22(23,24)25/h3-12,18,20,27,31H,1-2H3. The minimum absolute atomic E-state index is 0.226. The van der Waals surface area contributed by atoms with Crippen LogP contribution < -0.4 is 15.0 Å². The summed E-state index contributed by atoms with van der Waals surface area (Å²) in [7, 11) is 0. The SMILES string of the molecule is CC(C)(c1ccnc2ccccc12)C1NC(S)N(c2ccc(OC(F)(F)F)cc2)C1=O. The summed E-state index contributed by atoms with van der Waals surface area (Å²) in [5, 5.41) is 4.17. The Balaban J connectivity index is 1.64. The minimum Gasteiger partial charge on any atom is -0.406 e. The first-order valence-corrected chi connectivity index (χ1v) is 10.1. The van der Waals surface area contributed by atoms with Gasteiger partial charge in [-0.3, -0.25) is 20.0 Å². The number of ether oxygens (including phenoxy) is 1. The first-order valence-electron chi connectivity index (χ1n) is 9.55. The lowest BCUT2D eigenvalue weighted by Gasteiger charge is -2.31. The third-order valence-corrected chi connectivity index (χ3v) is 5.84. The number of nitrogens with one attached hydrogen (secondary N) is 1. The van der Waals surface area contributed by atoms with E-state index in [1.807, 2.05) is 44.2 Å². The van der Waals surface area contributed by atoms with Gasteiger partial charge in [-0.25, -0.2) is 0 Å². The van der Waals surface area contributed by atoms with Gasteiger partial charge < -0.3 is 4.74 Å². The van der Waals surface area contributed by atoms with Crippen LogP contribution >= 0.6 is 12.6 Å². The predicted octanol–water partition coefficient (Wildman–Crippen LogP) is 4.63. The Hall–Kier alpha value is -2.78. The summed E-state index contributed by atoms with van der Waals surface area (Å²) in [5.41, 5.74) is 0.955. The van der Waals surface area contributed by atoms with Crippen LogP contribution in [-0.4, -0.2) is 28.8 Å². The second-order valence-electron chi connectivity index (χ2n) is 7.82. The van der Waals surface area contributed by atoms with E-state index < -0.39 is 23.3 Å². The number of benzene rings is 2. The van der Waals surface area contributed by atoms with Crippen LogP contribution in [-0.2, 0) is 10.2 Å². The predicted molar refractivity (Wildman–Crippen MR) is 115 cm³/mol. The molecule has 0 bridgehead atoms. The van der Waals surface area contributed by atoms with Crippen molar-refractivity contribution in [3.05, 3.63) is 66.4 Å². The summed E-state index contributed by atoms with van der Waals surface area (Å²) in [5.74, 6) is -0.581. The van der Waals surface area contributed by atoms with Crippen LogP contribution in [0.2, 0.25) is 0 Å². The maximum Gasteiger partial charge on any atom is 0.573 e. The van der Waals surface area contributed by atoms with Crippen LogP contribution in [0, 0.1) is 0 Å². The van der Waals surface area contributed by atoms with Crippen LogP contribution in [0.4, 0.5) is 18.9 Å². The Labute approximate surface area is 182 Å². The number of pyridine rings is 1. The molecule has 0 spiro atoms. The molecule has 0 radical (unpaired) electrons. The van der Waals surface area contributed by atoms with E-state index in [1.54, 1.807) is 6.20 Å². The van der Waals surface area contributed by atoms with E-state index in [0.29, 0.717) is 5.69 Å². The summed E-state index contributed by atoms with van der Waals surface area (Å²) in [6.45, 7) is 3.93. The van der Waals surface area contributed by atoms with E-state index in [2.05, 4.69) is 27.7 Å². The molecule has 1 aromatic heterocycles. The van der Waals surface area contributed by atoms with E-state index in [4.69, 9.17) is 0 Å². The van der Waals surface area contributed by atoms with Crippen molar-refractivity contribution < 1.29 is 22.7 Å². The first-order chi connectivity index (χ1) is 14.6. The van der Waals surface area contributed by atoms with Gasteiger partial charge in [0.05, 0.1) is 11.6 Å². The second-order valence-corrected chi connectivity index (χ2v) is 8.31. The van der Waals surface area contributed by atoms with Gasteiger partial charge in [0.15, 0.2) is 0 Å². The van der Waals surface area contributed by atoms with Gasteiger partial charge in [0.2, 0.25) is 5.91 Å². The molecule has 1 N–H and O–H groups in total. The lowest BCUT2D eigenvalue weighted by atomic mass is 9.76. The van der Waals surface area contributed by atoms with E-state index >= 15 is 0 Å². The van der Waals surface area contributed by atoms with Crippen LogP contribution in [0.3, 0.4) is 0 Å². The van der Waals surface area contributed by atoms with Crippen molar-refractivity contribution in [2.75, 3.05) is 4.90 Å². The number of carbonyl (C=O) groups excluding carboxylic acids is 1. The highest BCUT2D eigenvalue weighted by Gasteiger charge is 2.47. The zero-order valence-electron chi connectivity index (χ0n) is 16.7. The van der Waals surface area contributed by atoms with Gasteiger partial charge in [0, 0.05) is 22.7 Å². The number of amides is 1. The lowest BCUT2D eigenvalue weighted by molar-refractivity contribution is -0.274. The molecule has 5 nitrogen and oxygen atoms in total. The fourth-order valence-electron chi connectivity index (χ4n) is 3.96. The summed E-state index contributed by atoms with van der Waals surface area (Å²) in [6.07, 6.45) is -3.06. The molecular weight excluding hydrogens is 427 g/mol. The zero-order chi connectivity index (χ0) is 22.4. The van der Waals surface area contributed by atoms with Crippen molar-refractivity contribution >= 4 is 35.1 Å². The molecule has 2 unspecified atom stereocenters. The maximum atomic E-state index is 13.4. The van der Waals surface area contributed by atoms with Crippen LogP contribution in [0.1, 0.15) is 19.4 Å². The number of fused-ring (bicyclic) bond motifs is 1. The number of para-hydroxylation sites is 1. The zero-order valence-corrected chi connectivity index (χ0v) is 17.6. The van der Waals surface area contributed by atoms with Crippen molar-refractivity contribution in [3.63, 3.8) is 0 Å². The van der Waals surface area contributed by atoms with Crippen LogP contribution in [0.5, 0.6) is 5.75 Å². The summed E-state index contributed by atoms with van der Waals surface area (Å²) in [4.78, 5) is 19.2. The average molecular weight is 447 g/mol. The van der Waals surface area contributed by atoms with E-state index in [1.165, 1.54) is 29.2 Å². The molecule has 0 saturated carbocycles. The third kappa shape index (κ3) is 4.07. The molecule has 1 saturated heterocycles. The molecular formula is C22H20F3N3O2S. The Kier molecular flexibility index (Phi) is 5.35. The van der Waals surface area contributed by atoms with Gasteiger partial charge in [-0.2, -0.15) is 0 Å². The van der Waals surface area contributed by atoms with Gasteiger partial charge in [-0.05, 0) is 42.0 Å². The molecule has 2 heterocycles. The molecule has 1 amide bonds. The molecule has 9 heteroatoms. The Bertz CT molecular complexity index is 1110. The molecule has 4 rings (SSSR count). The van der Waals surface area contributed by atoms with E-state index in [9.17, 15) is 18.0 Å². The van der Waals surface area contributed by atoms with Gasteiger partial charge in [0.1, 0.15) is 11.2 Å².